The molecule has 126 valence electrons. The van der Waals surface area contributed by atoms with E-state index in [9.17, 15) is 4.79 Å². The van der Waals surface area contributed by atoms with Crippen LogP contribution in [-0.2, 0) is 4.79 Å². The van der Waals surface area contributed by atoms with Crippen LogP contribution in [0.2, 0.25) is 0 Å². The first kappa shape index (κ1) is 19.7. The summed E-state index contributed by atoms with van der Waals surface area (Å²) in [6.45, 7) is 6.12. The molecule has 0 spiro atoms. The zero-order valence-electron chi connectivity index (χ0n) is 13.8. The van der Waals surface area contributed by atoms with Crippen molar-refractivity contribution in [1.29, 1.82) is 0 Å². The lowest BCUT2D eigenvalue weighted by Gasteiger charge is -2.20. The summed E-state index contributed by atoms with van der Waals surface area (Å²) in [6, 6.07) is 11.9. The van der Waals surface area contributed by atoms with Gasteiger partial charge in [-0.15, -0.1) is 23.7 Å². The second-order valence-electron chi connectivity index (χ2n) is 5.72. The lowest BCUT2D eigenvalue weighted by atomic mass is 9.95. The molecule has 2 rings (SSSR count). The standard InChI is InChI=1S/C18H24N2OS.ClH/c1-4-12(2)14-7-9-15(10-8-14)17(16-6-5-11-22-16)20-18(21)13(3)19;/h5-13,17H,4,19H2,1-3H3,(H,20,21);1H/t12?,13-,17?;/m1./s1. The van der Waals surface area contributed by atoms with E-state index >= 15 is 0 Å². The number of carbonyl (C=O) groups is 1. The Hall–Kier alpha value is -1.36. The van der Waals surface area contributed by atoms with Crippen molar-refractivity contribution in [2.45, 2.75) is 45.2 Å². The molecule has 1 aromatic carbocycles. The van der Waals surface area contributed by atoms with E-state index < -0.39 is 6.04 Å². The monoisotopic (exact) mass is 352 g/mol. The van der Waals surface area contributed by atoms with E-state index in [0.29, 0.717) is 5.92 Å². The van der Waals surface area contributed by atoms with E-state index in [1.54, 1.807) is 18.3 Å². The van der Waals surface area contributed by atoms with Crippen LogP contribution in [-0.4, -0.2) is 11.9 Å². The first-order valence-electron chi connectivity index (χ1n) is 7.72. The Labute approximate surface area is 148 Å². The molecule has 3 N–H and O–H groups in total. The summed E-state index contributed by atoms with van der Waals surface area (Å²) in [5.74, 6) is 0.414. The molecule has 2 aromatic rings. The Kier molecular flexibility index (Phi) is 7.76. The van der Waals surface area contributed by atoms with E-state index in [1.807, 2.05) is 17.5 Å². The summed E-state index contributed by atoms with van der Waals surface area (Å²) in [4.78, 5) is 13.1. The molecule has 3 atom stereocenters. The van der Waals surface area contributed by atoms with Gasteiger partial charge in [0.05, 0.1) is 12.1 Å². The van der Waals surface area contributed by atoms with E-state index in [4.69, 9.17) is 5.73 Å². The average molecular weight is 353 g/mol. The van der Waals surface area contributed by atoms with E-state index in [2.05, 4.69) is 43.4 Å². The van der Waals surface area contributed by atoms with Crippen molar-refractivity contribution in [3.63, 3.8) is 0 Å². The van der Waals surface area contributed by atoms with Crippen molar-refractivity contribution >= 4 is 29.7 Å². The second-order valence-corrected chi connectivity index (χ2v) is 6.70. The molecule has 0 saturated carbocycles. The molecule has 1 aromatic heterocycles. The number of hydrogen-bond donors (Lipinski definition) is 2. The molecule has 5 heteroatoms. The van der Waals surface area contributed by atoms with Gasteiger partial charge in [-0.1, -0.05) is 44.2 Å². The van der Waals surface area contributed by atoms with Crippen molar-refractivity contribution in [2.24, 2.45) is 5.73 Å². The lowest BCUT2D eigenvalue weighted by Crippen LogP contribution is -2.40. The predicted molar refractivity (Wildman–Crippen MR) is 100 cm³/mol. The predicted octanol–water partition coefficient (Wildman–Crippen LogP) is 4.24. The number of hydrogen-bond acceptors (Lipinski definition) is 3. The number of halogens is 1. The van der Waals surface area contributed by atoms with Gasteiger partial charge >= 0.3 is 0 Å². The van der Waals surface area contributed by atoms with Crippen LogP contribution in [0.3, 0.4) is 0 Å². The molecule has 0 radical (unpaired) electrons. The highest BCUT2D eigenvalue weighted by Crippen LogP contribution is 2.28. The van der Waals surface area contributed by atoms with E-state index in [0.717, 1.165) is 16.9 Å². The van der Waals surface area contributed by atoms with Crippen molar-refractivity contribution in [1.82, 2.24) is 5.32 Å². The van der Waals surface area contributed by atoms with Gasteiger partial charge in [0.1, 0.15) is 0 Å². The minimum Gasteiger partial charge on any atom is -0.343 e. The quantitative estimate of drug-likeness (QED) is 0.817. The van der Waals surface area contributed by atoms with Crippen LogP contribution in [0, 0.1) is 0 Å². The minimum absolute atomic E-state index is 0. The number of benzene rings is 1. The third-order valence-electron chi connectivity index (χ3n) is 3.98. The maximum atomic E-state index is 12.0. The number of carbonyl (C=O) groups excluding carboxylic acids is 1. The van der Waals surface area contributed by atoms with Crippen LogP contribution in [0.25, 0.3) is 0 Å². The van der Waals surface area contributed by atoms with E-state index in [1.165, 1.54) is 5.56 Å². The highest BCUT2D eigenvalue weighted by atomic mass is 35.5. The second kappa shape index (κ2) is 9.06. The number of thiophene rings is 1. The smallest absolute Gasteiger partial charge is 0.237 e. The molecule has 0 saturated heterocycles. The minimum atomic E-state index is -0.512. The molecule has 23 heavy (non-hydrogen) atoms. The van der Waals surface area contributed by atoms with Crippen LogP contribution in [0.5, 0.6) is 0 Å². The molecular weight excluding hydrogens is 328 g/mol. The Morgan fingerprint density at radius 1 is 1.17 bits per heavy atom. The fourth-order valence-electron chi connectivity index (χ4n) is 2.30. The third kappa shape index (κ3) is 5.06. The molecule has 1 heterocycles. The van der Waals surface area contributed by atoms with Gasteiger partial charge in [0, 0.05) is 4.88 Å². The lowest BCUT2D eigenvalue weighted by molar-refractivity contribution is -0.122. The number of nitrogens with one attached hydrogen (secondary N) is 1. The van der Waals surface area contributed by atoms with Crippen LogP contribution in [0.15, 0.2) is 41.8 Å². The Morgan fingerprint density at radius 2 is 1.78 bits per heavy atom. The molecule has 0 aliphatic heterocycles. The normalized spacial score (nSPS) is 14.4. The summed E-state index contributed by atoms with van der Waals surface area (Å²) >= 11 is 1.64. The largest absolute Gasteiger partial charge is 0.343 e. The summed E-state index contributed by atoms with van der Waals surface area (Å²) in [5, 5.41) is 5.07. The molecule has 0 bridgehead atoms. The van der Waals surface area contributed by atoms with Gasteiger partial charge in [-0.2, -0.15) is 0 Å². The number of amides is 1. The number of rotatable bonds is 6. The van der Waals surface area contributed by atoms with Crippen molar-refractivity contribution in [3.05, 3.63) is 57.8 Å². The van der Waals surface area contributed by atoms with Crippen LogP contribution >= 0.6 is 23.7 Å². The Bertz CT molecular complexity index is 596. The van der Waals surface area contributed by atoms with Gasteiger partial charge in [-0.3, -0.25) is 4.79 Å². The molecule has 1 amide bonds. The van der Waals surface area contributed by atoms with Crippen molar-refractivity contribution in [3.8, 4) is 0 Å². The van der Waals surface area contributed by atoms with Gasteiger partial charge in [0.2, 0.25) is 5.91 Å². The first-order chi connectivity index (χ1) is 10.5. The van der Waals surface area contributed by atoms with Gasteiger partial charge < -0.3 is 11.1 Å². The zero-order chi connectivity index (χ0) is 16.1. The average Bonchev–Trinajstić information content (AvgIpc) is 3.05. The SMILES string of the molecule is CCC(C)c1ccc(C(NC(=O)[C@@H](C)N)c2cccs2)cc1.Cl. The van der Waals surface area contributed by atoms with Crippen molar-refractivity contribution < 1.29 is 4.79 Å². The first-order valence-corrected chi connectivity index (χ1v) is 8.60. The van der Waals surface area contributed by atoms with Gasteiger partial charge in [0.25, 0.3) is 0 Å². The zero-order valence-corrected chi connectivity index (χ0v) is 15.4. The molecule has 0 aliphatic carbocycles. The van der Waals surface area contributed by atoms with Crippen LogP contribution < -0.4 is 11.1 Å². The summed E-state index contributed by atoms with van der Waals surface area (Å²) < 4.78 is 0. The molecule has 2 unspecified atom stereocenters. The van der Waals surface area contributed by atoms with Gasteiger partial charge in [-0.05, 0) is 41.8 Å². The van der Waals surface area contributed by atoms with Crippen LogP contribution in [0.1, 0.15) is 55.2 Å². The van der Waals surface area contributed by atoms with Gasteiger partial charge in [0.15, 0.2) is 0 Å². The molecule has 0 aliphatic rings. The van der Waals surface area contributed by atoms with Crippen molar-refractivity contribution in [2.75, 3.05) is 0 Å². The topological polar surface area (TPSA) is 55.1 Å². The van der Waals surface area contributed by atoms with Crippen LogP contribution in [0.4, 0.5) is 0 Å². The molecular formula is C18H25ClN2OS. The highest BCUT2D eigenvalue weighted by Gasteiger charge is 2.19. The Morgan fingerprint density at radius 3 is 2.26 bits per heavy atom. The molecule has 0 fully saturated rings. The fraction of sp³-hybridized carbons (Fsp3) is 0.389. The van der Waals surface area contributed by atoms with E-state index in [-0.39, 0.29) is 24.4 Å². The summed E-state index contributed by atoms with van der Waals surface area (Å²) in [7, 11) is 0. The third-order valence-corrected chi connectivity index (χ3v) is 4.92. The summed E-state index contributed by atoms with van der Waals surface area (Å²) in [6.07, 6.45) is 1.12. The number of nitrogens with two attached hydrogens (primary N) is 1. The van der Waals surface area contributed by atoms with Gasteiger partial charge in [-0.25, -0.2) is 0 Å². The highest BCUT2D eigenvalue weighted by molar-refractivity contribution is 7.10. The summed E-state index contributed by atoms with van der Waals surface area (Å²) in [5.41, 5.74) is 8.10. The maximum Gasteiger partial charge on any atom is 0.237 e. The fourth-order valence-corrected chi connectivity index (χ4v) is 3.10. The maximum absolute atomic E-state index is 12.0. The Balaban J connectivity index is 0.00000264. The molecule has 3 nitrogen and oxygen atoms in total.